The van der Waals surface area contributed by atoms with E-state index in [4.69, 9.17) is 0 Å². The van der Waals surface area contributed by atoms with Crippen LogP contribution in [-0.4, -0.2) is 33.3 Å². The summed E-state index contributed by atoms with van der Waals surface area (Å²) in [7, 11) is -10.7. The van der Waals surface area contributed by atoms with Crippen LogP contribution in [0.3, 0.4) is 0 Å². The Morgan fingerprint density at radius 3 is 1.41 bits per heavy atom. The molecule has 1 aliphatic rings. The zero-order valence-corrected chi connectivity index (χ0v) is 28.6. The van der Waals surface area contributed by atoms with E-state index in [1.54, 1.807) is 23.4 Å². The van der Waals surface area contributed by atoms with Crippen LogP contribution in [0, 0.1) is 0 Å². The van der Waals surface area contributed by atoms with Gasteiger partial charge in [-0.05, 0) is 6.92 Å². The first-order valence-corrected chi connectivity index (χ1v) is 23.9. The predicted octanol–water partition coefficient (Wildman–Crippen LogP) is 11.8. The van der Waals surface area contributed by atoms with Gasteiger partial charge in [0.1, 0.15) is 5.78 Å². The van der Waals surface area contributed by atoms with E-state index in [0.29, 0.717) is 6.42 Å². The van der Waals surface area contributed by atoms with E-state index in [1.807, 2.05) is 6.92 Å². The normalized spacial score (nSPS) is 14.9. The number of benzene rings is 5. The van der Waals surface area contributed by atoms with Crippen LogP contribution >= 0.6 is 13.6 Å². The van der Waals surface area contributed by atoms with Crippen molar-refractivity contribution in [2.24, 2.45) is 0 Å². The minimum atomic E-state index is -10.7. The van der Waals surface area contributed by atoms with Crippen LogP contribution in [0.4, 0.5) is 25.2 Å². The van der Waals surface area contributed by atoms with Crippen molar-refractivity contribution in [2.45, 2.75) is 30.7 Å². The van der Waals surface area contributed by atoms with Crippen LogP contribution in [0.1, 0.15) is 31.4 Å². The summed E-state index contributed by atoms with van der Waals surface area (Å²) in [5.41, 5.74) is 6.14. The molecule has 10 heteroatoms. The molecule has 0 atom stereocenters. The second kappa shape index (κ2) is 12.2. The molecule has 5 aromatic carbocycles. The summed E-state index contributed by atoms with van der Waals surface area (Å²) in [5, 5.41) is 9.69. The van der Waals surface area contributed by atoms with Crippen molar-refractivity contribution in [3.8, 4) is 11.1 Å². The molecular weight excluding hydrogens is 675 g/mol. The van der Waals surface area contributed by atoms with Crippen LogP contribution in [0.2, 0.25) is 0 Å². The standard InChI is InChI=1S/C30H27AsP.C4H8O.F6P/c1-32(2,26-12-4-3-5-13-26)31-20-24-18-16-22-10-6-8-14-27(22)29(24)30-25(21-31)19-17-23-11-7-9-15-28(23)30;1-3-4(2)5;1-7(2,3,4,5)6/h3-19H,20-21H2,1-2H3;3H2,1-2H3;/q+1;;-1. The molecule has 0 fully saturated rings. The molecule has 0 aromatic heterocycles. The van der Waals surface area contributed by atoms with Crippen LogP contribution in [0.25, 0.3) is 32.7 Å². The molecule has 44 heavy (non-hydrogen) atoms. The Labute approximate surface area is 259 Å². The van der Waals surface area contributed by atoms with E-state index < -0.39 is 27.8 Å². The SMILES string of the molecule is CCC(C)=O.C[P+](C)(c1ccccc1)[As]1Cc2ccc3ccccc3c2-c2c(ccc3ccccc23)C1.F[P-](F)(F)(F)(F)F. The molecule has 0 radical (unpaired) electrons. The zero-order valence-electron chi connectivity index (χ0n) is 25.0. The summed E-state index contributed by atoms with van der Waals surface area (Å²) < 4.78 is 59.2. The molecule has 1 heterocycles. The van der Waals surface area contributed by atoms with Gasteiger partial charge in [-0.3, -0.25) is 0 Å². The number of hydrogen-bond acceptors (Lipinski definition) is 1. The molecule has 1 aliphatic heterocycles. The van der Waals surface area contributed by atoms with E-state index >= 15 is 0 Å². The van der Waals surface area contributed by atoms with Crippen molar-refractivity contribution < 1.29 is 30.0 Å². The number of carbonyl (C=O) groups excluding carboxylic acids is 1. The van der Waals surface area contributed by atoms with Crippen molar-refractivity contribution in [3.63, 3.8) is 0 Å². The Morgan fingerprint density at radius 2 is 1.02 bits per heavy atom. The molecular formula is C34H35AsF6OP2. The summed E-state index contributed by atoms with van der Waals surface area (Å²) >= 11 is -1.22. The zero-order chi connectivity index (χ0) is 32.4. The average Bonchev–Trinajstić information content (AvgIpc) is 3.14. The monoisotopic (exact) mass is 710 g/mol. The maximum absolute atomic E-state index is 10.7. The van der Waals surface area contributed by atoms with Gasteiger partial charge in [-0.25, -0.2) is 0 Å². The first-order chi connectivity index (χ1) is 20.3. The van der Waals surface area contributed by atoms with Gasteiger partial charge < -0.3 is 4.79 Å². The summed E-state index contributed by atoms with van der Waals surface area (Å²) in [4.78, 5) is 9.81. The molecule has 0 saturated heterocycles. The third-order valence-electron chi connectivity index (χ3n) is 7.58. The third-order valence-corrected chi connectivity index (χ3v) is 25.3. The first kappa shape index (κ1) is 34.2. The number of carbonyl (C=O) groups is 1. The summed E-state index contributed by atoms with van der Waals surface area (Å²) in [6.07, 6.45) is 0.667. The summed E-state index contributed by atoms with van der Waals surface area (Å²) in [5.74, 6) is -0.930. The van der Waals surface area contributed by atoms with E-state index in [1.165, 1.54) is 43.1 Å². The van der Waals surface area contributed by atoms with E-state index in [0.717, 1.165) is 0 Å². The fourth-order valence-electron chi connectivity index (χ4n) is 5.25. The molecule has 0 bridgehead atoms. The molecule has 234 valence electrons. The molecule has 0 saturated carbocycles. The van der Waals surface area contributed by atoms with Crippen molar-refractivity contribution in [3.05, 3.63) is 114 Å². The van der Waals surface area contributed by atoms with Crippen molar-refractivity contribution in [2.75, 3.05) is 13.3 Å². The van der Waals surface area contributed by atoms with Gasteiger partial charge in [0, 0.05) is 6.42 Å². The molecule has 0 N–H and O–H groups in total. The number of rotatable bonds is 3. The second-order valence-electron chi connectivity index (χ2n) is 11.2. The molecule has 0 unspecified atom stereocenters. The quantitative estimate of drug-likeness (QED) is 0.104. The minimum absolute atomic E-state index is 0.255. The Balaban J connectivity index is 0.000000315. The molecule has 1 nitrogen and oxygen atoms in total. The van der Waals surface area contributed by atoms with Crippen molar-refractivity contribution >= 4 is 60.5 Å². The van der Waals surface area contributed by atoms with E-state index in [2.05, 4.69) is 116 Å². The second-order valence-corrected chi connectivity index (χ2v) is 29.1. The molecule has 0 amide bonds. The van der Waals surface area contributed by atoms with Gasteiger partial charge in [0.15, 0.2) is 0 Å². The van der Waals surface area contributed by atoms with Crippen LogP contribution in [0.15, 0.2) is 103 Å². The van der Waals surface area contributed by atoms with Crippen LogP contribution in [-0.2, 0) is 15.2 Å². The first-order valence-electron chi connectivity index (χ1n) is 14.1. The van der Waals surface area contributed by atoms with Crippen molar-refractivity contribution in [1.82, 2.24) is 0 Å². The maximum atomic E-state index is 9.87. The summed E-state index contributed by atoms with van der Waals surface area (Å²) in [6, 6.07) is 38.9. The number of Topliss-reactive ketones (excluding diaryl/α,β-unsaturated/α-hetero) is 1. The van der Waals surface area contributed by atoms with Gasteiger partial charge in [0.05, 0.1) is 0 Å². The van der Waals surface area contributed by atoms with Gasteiger partial charge in [0.25, 0.3) is 0 Å². The fourth-order valence-corrected chi connectivity index (χ4v) is 19.1. The number of ketones is 1. The fraction of sp³-hybridized carbons (Fsp3) is 0.206. The Kier molecular flexibility index (Phi) is 9.50. The van der Waals surface area contributed by atoms with Crippen molar-refractivity contribution in [1.29, 1.82) is 0 Å². The van der Waals surface area contributed by atoms with Gasteiger partial charge >= 0.3 is 229 Å². The topological polar surface area (TPSA) is 17.1 Å². The van der Waals surface area contributed by atoms with E-state index in [-0.39, 0.29) is 5.78 Å². The number of halogens is 6. The van der Waals surface area contributed by atoms with Crippen LogP contribution in [0.5, 0.6) is 0 Å². The van der Waals surface area contributed by atoms with Gasteiger partial charge in [-0.1, -0.05) is 6.92 Å². The molecule has 0 aliphatic carbocycles. The van der Waals surface area contributed by atoms with E-state index in [9.17, 15) is 30.0 Å². The Bertz CT molecular complexity index is 1710. The molecule has 6 rings (SSSR count). The Morgan fingerprint density at radius 1 is 0.659 bits per heavy atom. The number of fused-ring (bicyclic) bond motifs is 7. The molecule has 5 aromatic rings. The third kappa shape index (κ3) is 9.16. The number of hydrogen-bond donors (Lipinski definition) is 0. The average molecular weight is 711 g/mol. The van der Waals surface area contributed by atoms with Gasteiger partial charge in [0.2, 0.25) is 0 Å². The Hall–Kier alpha value is -2.71. The van der Waals surface area contributed by atoms with Gasteiger partial charge in [-0.2, -0.15) is 0 Å². The predicted molar refractivity (Wildman–Crippen MR) is 179 cm³/mol. The van der Waals surface area contributed by atoms with Crippen LogP contribution < -0.4 is 5.30 Å². The van der Waals surface area contributed by atoms with Gasteiger partial charge in [-0.15, -0.1) is 0 Å². The molecule has 0 spiro atoms. The summed E-state index contributed by atoms with van der Waals surface area (Å²) in [6.45, 7) is 8.65.